The predicted molar refractivity (Wildman–Crippen MR) is 102 cm³/mol. The van der Waals surface area contributed by atoms with Crippen LogP contribution >= 0.6 is 11.6 Å². The Bertz CT molecular complexity index is 900. The average Bonchev–Trinajstić information content (AvgIpc) is 2.60. The van der Waals surface area contributed by atoms with Gasteiger partial charge >= 0.3 is 6.03 Å². The lowest BCUT2D eigenvalue weighted by Gasteiger charge is -2.35. The highest BCUT2D eigenvalue weighted by atomic mass is 35.5. The number of halogens is 3. The lowest BCUT2D eigenvalue weighted by molar-refractivity contribution is 0.0460. The van der Waals surface area contributed by atoms with Crippen molar-refractivity contribution in [2.75, 3.05) is 12.4 Å². The van der Waals surface area contributed by atoms with Crippen LogP contribution in [0.4, 0.5) is 19.3 Å². The first kappa shape index (κ1) is 21.4. The molecule has 0 aliphatic heterocycles. The Balaban J connectivity index is 2.26. The molecule has 150 valence electrons. The number of carbonyl (C=O) groups is 2. The van der Waals surface area contributed by atoms with E-state index in [9.17, 15) is 18.4 Å². The van der Waals surface area contributed by atoms with Gasteiger partial charge in [-0.25, -0.2) is 24.0 Å². The van der Waals surface area contributed by atoms with Crippen LogP contribution < -0.4 is 15.5 Å². The van der Waals surface area contributed by atoms with Crippen molar-refractivity contribution in [3.63, 3.8) is 0 Å². The monoisotopic (exact) mass is 411 g/mol. The molecule has 0 saturated heterocycles. The molecule has 0 aliphatic rings. The van der Waals surface area contributed by atoms with Crippen molar-refractivity contribution in [3.8, 4) is 5.75 Å². The van der Waals surface area contributed by atoms with Gasteiger partial charge in [-0.1, -0.05) is 11.6 Å². The van der Waals surface area contributed by atoms with Gasteiger partial charge in [0.2, 0.25) is 0 Å². The van der Waals surface area contributed by atoms with E-state index < -0.39 is 29.1 Å². The summed E-state index contributed by atoms with van der Waals surface area (Å²) >= 11 is 6.01. The first-order chi connectivity index (χ1) is 13.0. The van der Waals surface area contributed by atoms with Crippen molar-refractivity contribution < 1.29 is 23.1 Å². The minimum atomic E-state index is -0.915. The van der Waals surface area contributed by atoms with E-state index in [1.54, 1.807) is 20.8 Å². The number of amides is 3. The van der Waals surface area contributed by atoms with Crippen LogP contribution in [0.2, 0.25) is 5.02 Å². The number of ether oxygens (including phenoxy) is 1. The van der Waals surface area contributed by atoms with Crippen LogP contribution in [0.3, 0.4) is 0 Å². The van der Waals surface area contributed by atoms with E-state index in [0.29, 0.717) is 5.75 Å². The fourth-order valence-corrected chi connectivity index (χ4v) is 2.53. The highest BCUT2D eigenvalue weighted by molar-refractivity contribution is 6.31. The van der Waals surface area contributed by atoms with Crippen molar-refractivity contribution in [1.29, 1.82) is 0 Å². The third-order valence-electron chi connectivity index (χ3n) is 3.62. The minimum Gasteiger partial charge on any atom is -0.497 e. The molecule has 2 N–H and O–H groups in total. The van der Waals surface area contributed by atoms with Crippen LogP contribution in [-0.4, -0.2) is 29.6 Å². The van der Waals surface area contributed by atoms with Crippen LogP contribution in [0.15, 0.2) is 36.4 Å². The fourth-order valence-electron chi connectivity index (χ4n) is 2.30. The number of hydrogen-bond acceptors (Lipinski definition) is 3. The summed E-state index contributed by atoms with van der Waals surface area (Å²) in [5.41, 5.74) is 1.34. The van der Waals surface area contributed by atoms with Gasteiger partial charge in [-0.2, -0.15) is 0 Å². The molecular formula is C19H20ClF2N3O3. The number of benzene rings is 2. The number of nitrogens with zero attached hydrogens (tertiary/aromatic N) is 1. The number of anilines is 1. The first-order valence-electron chi connectivity index (χ1n) is 8.23. The quantitative estimate of drug-likeness (QED) is 0.725. The van der Waals surface area contributed by atoms with Crippen LogP contribution in [0.25, 0.3) is 0 Å². The van der Waals surface area contributed by atoms with Crippen molar-refractivity contribution in [1.82, 2.24) is 10.4 Å². The zero-order valence-electron chi connectivity index (χ0n) is 15.8. The van der Waals surface area contributed by atoms with E-state index in [2.05, 4.69) is 10.7 Å². The van der Waals surface area contributed by atoms with E-state index in [1.165, 1.54) is 25.3 Å². The molecule has 0 fully saturated rings. The van der Waals surface area contributed by atoms with Crippen molar-refractivity contribution >= 4 is 29.2 Å². The lowest BCUT2D eigenvalue weighted by Crippen LogP contribution is -2.56. The summed E-state index contributed by atoms with van der Waals surface area (Å²) in [6, 6.07) is 6.16. The summed E-state index contributed by atoms with van der Waals surface area (Å²) in [5.74, 6) is -1.73. The number of hydrogen-bond donors (Lipinski definition) is 2. The Labute approximate surface area is 166 Å². The maximum atomic E-state index is 13.7. The maximum absolute atomic E-state index is 13.7. The molecule has 0 radical (unpaired) electrons. The SMILES string of the molecule is COc1cc(Cl)cc(C(=O)N(NC(=O)Nc2cc(F)ccc2F)C(C)(C)C)c1. The van der Waals surface area contributed by atoms with Crippen molar-refractivity contribution in [2.45, 2.75) is 26.3 Å². The van der Waals surface area contributed by atoms with Crippen molar-refractivity contribution in [3.05, 3.63) is 58.6 Å². The Hall–Kier alpha value is -2.87. The molecule has 2 aromatic carbocycles. The molecule has 3 amide bonds. The van der Waals surface area contributed by atoms with E-state index in [4.69, 9.17) is 16.3 Å². The predicted octanol–water partition coefficient (Wildman–Crippen LogP) is 4.60. The van der Waals surface area contributed by atoms with Gasteiger partial charge in [-0.3, -0.25) is 4.79 Å². The maximum Gasteiger partial charge on any atom is 0.338 e. The molecule has 6 nitrogen and oxygen atoms in total. The molecule has 0 aliphatic carbocycles. The number of rotatable bonds is 3. The zero-order valence-corrected chi connectivity index (χ0v) is 16.5. The van der Waals surface area contributed by atoms with Gasteiger partial charge in [0.15, 0.2) is 0 Å². The Morgan fingerprint density at radius 1 is 1.11 bits per heavy atom. The molecule has 0 atom stereocenters. The van der Waals surface area contributed by atoms with Crippen LogP contribution in [0, 0.1) is 11.6 Å². The Morgan fingerprint density at radius 3 is 2.39 bits per heavy atom. The normalized spacial score (nSPS) is 11.0. The zero-order chi connectivity index (χ0) is 21.1. The third kappa shape index (κ3) is 5.32. The van der Waals surface area contributed by atoms with Crippen LogP contribution in [0.1, 0.15) is 31.1 Å². The van der Waals surface area contributed by atoms with E-state index in [1.807, 2.05) is 0 Å². The van der Waals surface area contributed by atoms with Gasteiger partial charge in [-0.05, 0) is 51.1 Å². The second kappa shape index (κ2) is 8.43. The van der Waals surface area contributed by atoms with Gasteiger partial charge in [0.25, 0.3) is 5.91 Å². The number of nitrogens with one attached hydrogen (secondary N) is 2. The van der Waals surface area contributed by atoms with Gasteiger partial charge in [0.1, 0.15) is 17.4 Å². The fraction of sp³-hybridized carbons (Fsp3) is 0.263. The highest BCUT2D eigenvalue weighted by Crippen LogP contribution is 2.24. The molecule has 9 heteroatoms. The summed E-state index contributed by atoms with van der Waals surface area (Å²) < 4.78 is 32.1. The number of carbonyl (C=O) groups excluding carboxylic acids is 2. The molecular weight excluding hydrogens is 392 g/mol. The lowest BCUT2D eigenvalue weighted by atomic mass is 10.1. The Morgan fingerprint density at radius 2 is 1.79 bits per heavy atom. The van der Waals surface area contributed by atoms with Gasteiger partial charge in [-0.15, -0.1) is 0 Å². The molecule has 0 aromatic heterocycles. The largest absolute Gasteiger partial charge is 0.497 e. The summed E-state index contributed by atoms with van der Waals surface area (Å²) in [5, 5.41) is 3.52. The third-order valence-corrected chi connectivity index (χ3v) is 3.84. The molecule has 0 saturated carbocycles. The van der Waals surface area contributed by atoms with Gasteiger partial charge in [0, 0.05) is 16.7 Å². The number of urea groups is 1. The topological polar surface area (TPSA) is 70.7 Å². The van der Waals surface area contributed by atoms with E-state index >= 15 is 0 Å². The molecule has 0 heterocycles. The molecule has 2 rings (SSSR count). The average molecular weight is 412 g/mol. The molecule has 0 spiro atoms. The minimum absolute atomic E-state index is 0.177. The Kier molecular flexibility index (Phi) is 6.45. The second-order valence-electron chi connectivity index (χ2n) is 6.88. The summed E-state index contributed by atoms with van der Waals surface area (Å²) in [6.07, 6.45) is 0. The van der Waals surface area contributed by atoms with Gasteiger partial charge in [0.05, 0.1) is 18.3 Å². The first-order valence-corrected chi connectivity index (χ1v) is 8.61. The standard InChI is InChI=1S/C19H20ClF2N3O3/c1-19(2,3)25(17(26)11-7-12(20)9-14(8-11)28-4)24-18(27)23-16-10-13(21)5-6-15(16)22/h5-10H,1-4H3,(H2,23,24,27). The summed E-state index contributed by atoms with van der Waals surface area (Å²) in [6.45, 7) is 5.07. The highest BCUT2D eigenvalue weighted by Gasteiger charge is 2.30. The smallest absolute Gasteiger partial charge is 0.338 e. The number of hydrazine groups is 1. The summed E-state index contributed by atoms with van der Waals surface area (Å²) in [4.78, 5) is 25.3. The molecule has 2 aromatic rings. The van der Waals surface area contributed by atoms with Crippen LogP contribution in [-0.2, 0) is 0 Å². The van der Waals surface area contributed by atoms with Crippen molar-refractivity contribution in [2.24, 2.45) is 0 Å². The second-order valence-corrected chi connectivity index (χ2v) is 7.32. The van der Waals surface area contributed by atoms with Gasteiger partial charge < -0.3 is 10.1 Å². The van der Waals surface area contributed by atoms with E-state index in [0.717, 1.165) is 23.2 Å². The molecule has 0 bridgehead atoms. The molecule has 0 unspecified atom stereocenters. The van der Waals surface area contributed by atoms with E-state index in [-0.39, 0.29) is 16.3 Å². The molecule has 28 heavy (non-hydrogen) atoms. The van der Waals surface area contributed by atoms with Crippen LogP contribution in [0.5, 0.6) is 5.75 Å². The number of methoxy groups -OCH3 is 1. The summed E-state index contributed by atoms with van der Waals surface area (Å²) in [7, 11) is 1.43.